The summed E-state index contributed by atoms with van der Waals surface area (Å²) in [7, 11) is 0. The lowest BCUT2D eigenvalue weighted by Crippen LogP contribution is -2.60. The van der Waals surface area contributed by atoms with E-state index in [1.54, 1.807) is 0 Å². The first kappa shape index (κ1) is 33.9. The minimum absolute atomic E-state index is 0.00981. The molecule has 3 unspecified atom stereocenters. The highest BCUT2D eigenvalue weighted by molar-refractivity contribution is 5.86. The van der Waals surface area contributed by atoms with Crippen LogP contribution in [-0.2, 0) is 19.0 Å². The first-order valence-corrected chi connectivity index (χ1v) is 13.5. The van der Waals surface area contributed by atoms with E-state index >= 15 is 0 Å². The SMILES string of the molecule is CCCCC(CC)COC(=O)NCCCC(NC(=O)OCC(CC)CCCC)(C(=O)OCC)C(F)F. The van der Waals surface area contributed by atoms with Crippen molar-refractivity contribution in [1.82, 2.24) is 10.6 Å². The largest absolute Gasteiger partial charge is 0.464 e. The second-order valence-corrected chi connectivity index (χ2v) is 9.18. The van der Waals surface area contributed by atoms with Gasteiger partial charge in [0.05, 0.1) is 19.8 Å². The molecule has 0 radical (unpaired) electrons. The fourth-order valence-corrected chi connectivity index (χ4v) is 3.74. The predicted octanol–water partition coefficient (Wildman–Crippen LogP) is 6.22. The van der Waals surface area contributed by atoms with Crippen molar-refractivity contribution < 1.29 is 37.4 Å². The number of carbonyl (C=O) groups is 3. The Morgan fingerprint density at radius 2 is 1.31 bits per heavy atom. The van der Waals surface area contributed by atoms with Crippen LogP contribution in [0.5, 0.6) is 0 Å². The molecule has 0 rings (SSSR count). The third-order valence-corrected chi connectivity index (χ3v) is 6.34. The molecule has 0 spiro atoms. The number of hydrogen-bond acceptors (Lipinski definition) is 6. The maximum Gasteiger partial charge on any atom is 0.408 e. The third kappa shape index (κ3) is 13.3. The highest BCUT2D eigenvalue weighted by Crippen LogP contribution is 2.25. The summed E-state index contributed by atoms with van der Waals surface area (Å²) in [5.41, 5.74) is -2.57. The van der Waals surface area contributed by atoms with Crippen molar-refractivity contribution in [3.05, 3.63) is 0 Å². The minimum atomic E-state index is -3.23. The van der Waals surface area contributed by atoms with Gasteiger partial charge in [-0.1, -0.05) is 66.2 Å². The molecule has 0 bridgehead atoms. The fourth-order valence-electron chi connectivity index (χ4n) is 3.74. The summed E-state index contributed by atoms with van der Waals surface area (Å²) in [6, 6.07) is 0. The lowest BCUT2D eigenvalue weighted by Gasteiger charge is -2.31. The number of alkyl carbamates (subject to hydrolysis) is 2. The van der Waals surface area contributed by atoms with Gasteiger partial charge < -0.3 is 24.8 Å². The number of unbranched alkanes of at least 4 members (excludes halogenated alkanes) is 2. The smallest absolute Gasteiger partial charge is 0.408 e. The molecule has 0 saturated carbocycles. The van der Waals surface area contributed by atoms with Crippen LogP contribution in [0, 0.1) is 11.8 Å². The van der Waals surface area contributed by atoms with Crippen molar-refractivity contribution in [3.8, 4) is 0 Å². The standard InChI is InChI=1S/C26H48F2N2O6/c1-6-11-14-20(8-3)18-35-24(32)29-17-13-16-26(22(27)28,23(31)34-10-5)30-25(33)36-19-21(9-4)15-12-7-2/h20-22H,6-19H2,1-5H3,(H,29,32)(H,30,33). The normalized spacial score (nSPS) is 14.4. The Kier molecular flexibility index (Phi) is 18.8. The van der Waals surface area contributed by atoms with Crippen LogP contribution in [0.15, 0.2) is 0 Å². The van der Waals surface area contributed by atoms with E-state index < -0.39 is 36.5 Å². The zero-order valence-corrected chi connectivity index (χ0v) is 22.8. The van der Waals surface area contributed by atoms with E-state index in [9.17, 15) is 23.2 Å². The van der Waals surface area contributed by atoms with Crippen LogP contribution in [0.25, 0.3) is 0 Å². The maximum absolute atomic E-state index is 14.2. The number of rotatable bonds is 20. The number of nitrogens with one attached hydrogen (secondary N) is 2. The van der Waals surface area contributed by atoms with E-state index in [2.05, 4.69) is 24.5 Å². The van der Waals surface area contributed by atoms with Gasteiger partial charge in [-0.05, 0) is 44.4 Å². The Morgan fingerprint density at radius 3 is 1.75 bits per heavy atom. The van der Waals surface area contributed by atoms with Crippen molar-refractivity contribution in [3.63, 3.8) is 0 Å². The molecule has 10 heteroatoms. The summed E-state index contributed by atoms with van der Waals surface area (Å²) in [6.45, 7) is 9.88. The van der Waals surface area contributed by atoms with E-state index in [1.807, 2.05) is 13.8 Å². The number of hydrogen-bond donors (Lipinski definition) is 2. The summed E-state index contributed by atoms with van der Waals surface area (Å²) in [6.07, 6.45) is 2.16. The summed E-state index contributed by atoms with van der Waals surface area (Å²) in [5.74, 6) is -0.849. The van der Waals surface area contributed by atoms with Crippen LogP contribution >= 0.6 is 0 Å². The summed E-state index contributed by atoms with van der Waals surface area (Å²) in [5, 5.41) is 4.59. The number of amides is 2. The van der Waals surface area contributed by atoms with Crippen LogP contribution in [0.4, 0.5) is 18.4 Å². The second-order valence-electron chi connectivity index (χ2n) is 9.18. The number of esters is 1. The predicted molar refractivity (Wildman–Crippen MR) is 135 cm³/mol. The van der Waals surface area contributed by atoms with Gasteiger partial charge in [0.15, 0.2) is 0 Å². The Bertz CT molecular complexity index is 623. The van der Waals surface area contributed by atoms with Gasteiger partial charge in [-0.25, -0.2) is 23.2 Å². The molecular weight excluding hydrogens is 474 g/mol. The quantitative estimate of drug-likeness (QED) is 0.112. The molecule has 0 aliphatic rings. The van der Waals surface area contributed by atoms with Gasteiger partial charge in [-0.3, -0.25) is 0 Å². The lowest BCUT2D eigenvalue weighted by atomic mass is 9.93. The van der Waals surface area contributed by atoms with Gasteiger partial charge >= 0.3 is 18.2 Å². The number of carbonyl (C=O) groups excluding carboxylic acids is 3. The highest BCUT2D eigenvalue weighted by Gasteiger charge is 2.50. The zero-order chi connectivity index (χ0) is 27.4. The van der Waals surface area contributed by atoms with Crippen LogP contribution in [0.1, 0.15) is 98.8 Å². The van der Waals surface area contributed by atoms with Crippen molar-refractivity contribution in [2.24, 2.45) is 11.8 Å². The first-order chi connectivity index (χ1) is 17.2. The van der Waals surface area contributed by atoms with E-state index in [4.69, 9.17) is 14.2 Å². The van der Waals surface area contributed by atoms with Crippen LogP contribution in [-0.4, -0.2) is 56.5 Å². The number of alkyl halides is 2. The fraction of sp³-hybridized carbons (Fsp3) is 0.885. The Balaban J connectivity index is 4.97. The first-order valence-electron chi connectivity index (χ1n) is 13.5. The Morgan fingerprint density at radius 1 is 0.778 bits per heavy atom. The Hall–Kier alpha value is -2.13. The molecule has 8 nitrogen and oxygen atoms in total. The van der Waals surface area contributed by atoms with Crippen molar-refractivity contribution in [2.45, 2.75) is 111 Å². The molecule has 0 aliphatic carbocycles. The van der Waals surface area contributed by atoms with Gasteiger partial charge in [0, 0.05) is 6.54 Å². The average molecular weight is 523 g/mol. The second kappa shape index (κ2) is 20.0. The van der Waals surface area contributed by atoms with Crippen LogP contribution in [0.2, 0.25) is 0 Å². The maximum atomic E-state index is 14.2. The summed E-state index contributed by atoms with van der Waals surface area (Å²) >= 11 is 0. The lowest BCUT2D eigenvalue weighted by molar-refractivity contribution is -0.159. The van der Waals surface area contributed by atoms with E-state index in [0.29, 0.717) is 0 Å². The molecule has 3 atom stereocenters. The van der Waals surface area contributed by atoms with E-state index in [-0.39, 0.29) is 44.6 Å². The van der Waals surface area contributed by atoms with Crippen LogP contribution < -0.4 is 10.6 Å². The summed E-state index contributed by atoms with van der Waals surface area (Å²) < 4.78 is 43.6. The monoisotopic (exact) mass is 522 g/mol. The molecule has 0 aromatic carbocycles. The molecule has 0 aromatic rings. The molecular formula is C26H48F2N2O6. The number of halogens is 2. The molecule has 0 heterocycles. The molecule has 36 heavy (non-hydrogen) atoms. The Labute approximate surface area is 215 Å². The molecule has 0 aliphatic heterocycles. The minimum Gasteiger partial charge on any atom is -0.464 e. The molecule has 2 N–H and O–H groups in total. The number of ether oxygens (including phenoxy) is 3. The van der Waals surface area contributed by atoms with Crippen molar-refractivity contribution in [2.75, 3.05) is 26.4 Å². The van der Waals surface area contributed by atoms with Gasteiger partial charge in [0.25, 0.3) is 6.43 Å². The highest BCUT2D eigenvalue weighted by atomic mass is 19.3. The van der Waals surface area contributed by atoms with E-state index in [0.717, 1.165) is 51.4 Å². The van der Waals surface area contributed by atoms with Crippen molar-refractivity contribution in [1.29, 1.82) is 0 Å². The molecule has 0 saturated heterocycles. The van der Waals surface area contributed by atoms with Crippen LogP contribution in [0.3, 0.4) is 0 Å². The molecule has 2 amide bonds. The molecule has 0 fully saturated rings. The van der Waals surface area contributed by atoms with Crippen molar-refractivity contribution >= 4 is 18.2 Å². The van der Waals surface area contributed by atoms with Gasteiger partial charge in [-0.15, -0.1) is 0 Å². The topological polar surface area (TPSA) is 103 Å². The summed E-state index contributed by atoms with van der Waals surface area (Å²) in [4.78, 5) is 36.9. The third-order valence-electron chi connectivity index (χ3n) is 6.34. The van der Waals surface area contributed by atoms with Gasteiger partial charge in [0.2, 0.25) is 5.54 Å². The molecule has 212 valence electrons. The van der Waals surface area contributed by atoms with Gasteiger partial charge in [-0.2, -0.15) is 0 Å². The zero-order valence-electron chi connectivity index (χ0n) is 22.8. The van der Waals surface area contributed by atoms with E-state index in [1.165, 1.54) is 6.92 Å². The molecule has 0 aromatic heterocycles. The van der Waals surface area contributed by atoms with Gasteiger partial charge in [0.1, 0.15) is 0 Å². The average Bonchev–Trinajstić information content (AvgIpc) is 2.86.